The Balaban J connectivity index is 3.19. The van der Waals surface area contributed by atoms with Crippen LogP contribution >= 0.6 is 0 Å². The number of aryl methyl sites for hydroxylation is 2. The Kier molecular flexibility index (Phi) is 3.66. The molecule has 0 N–H and O–H groups in total. The molecule has 0 saturated heterocycles. The molecular formula is C12H15NO3. The number of hydrogen-bond donors (Lipinski definition) is 0. The second-order valence-electron chi connectivity index (χ2n) is 3.73. The SMILES string of the molecule is COc1c(C)cc(C=C(C)[N+](=O)[O-])cc1C. The van der Waals surface area contributed by atoms with Crippen molar-refractivity contribution in [1.29, 1.82) is 0 Å². The largest absolute Gasteiger partial charge is 0.496 e. The molecule has 0 saturated carbocycles. The molecule has 0 aromatic heterocycles. The maximum atomic E-state index is 10.5. The molecule has 0 atom stereocenters. The summed E-state index contributed by atoms with van der Waals surface area (Å²) in [6.45, 7) is 5.32. The third-order valence-corrected chi connectivity index (χ3v) is 2.35. The summed E-state index contributed by atoms with van der Waals surface area (Å²) in [5.74, 6) is 0.830. The van der Waals surface area contributed by atoms with Crippen LogP contribution in [0, 0.1) is 24.0 Å². The van der Waals surface area contributed by atoms with Crippen LogP contribution in [-0.4, -0.2) is 12.0 Å². The summed E-state index contributed by atoms with van der Waals surface area (Å²) in [6.07, 6.45) is 1.56. The van der Waals surface area contributed by atoms with Crippen LogP contribution in [-0.2, 0) is 0 Å². The first-order valence-corrected chi connectivity index (χ1v) is 4.93. The molecule has 16 heavy (non-hydrogen) atoms. The topological polar surface area (TPSA) is 52.4 Å². The first kappa shape index (κ1) is 12.2. The molecule has 86 valence electrons. The minimum atomic E-state index is -0.394. The van der Waals surface area contributed by atoms with Gasteiger partial charge in [-0.2, -0.15) is 0 Å². The third kappa shape index (κ3) is 2.59. The molecule has 0 heterocycles. The van der Waals surface area contributed by atoms with Gasteiger partial charge in [-0.25, -0.2) is 0 Å². The Morgan fingerprint density at radius 1 is 1.38 bits per heavy atom. The van der Waals surface area contributed by atoms with Gasteiger partial charge in [-0.3, -0.25) is 10.1 Å². The van der Waals surface area contributed by atoms with E-state index in [4.69, 9.17) is 4.74 Å². The van der Waals surface area contributed by atoms with Crippen LogP contribution in [0.1, 0.15) is 23.6 Å². The van der Waals surface area contributed by atoms with Crippen LogP contribution in [0.3, 0.4) is 0 Å². The third-order valence-electron chi connectivity index (χ3n) is 2.35. The van der Waals surface area contributed by atoms with Gasteiger partial charge in [0, 0.05) is 13.0 Å². The zero-order valence-corrected chi connectivity index (χ0v) is 9.90. The van der Waals surface area contributed by atoms with Gasteiger partial charge in [0.1, 0.15) is 5.75 Å². The molecule has 0 radical (unpaired) electrons. The van der Waals surface area contributed by atoms with E-state index in [-0.39, 0.29) is 5.70 Å². The minimum absolute atomic E-state index is 0.129. The quantitative estimate of drug-likeness (QED) is 0.582. The molecule has 0 fully saturated rings. The number of hydrogen-bond acceptors (Lipinski definition) is 3. The maximum Gasteiger partial charge on any atom is 0.243 e. The molecule has 1 rings (SSSR count). The van der Waals surface area contributed by atoms with Crippen LogP contribution in [0.4, 0.5) is 0 Å². The van der Waals surface area contributed by atoms with Gasteiger partial charge in [0.2, 0.25) is 5.70 Å². The number of ether oxygens (including phenoxy) is 1. The Hall–Kier alpha value is -1.84. The van der Waals surface area contributed by atoms with Crippen molar-refractivity contribution in [3.8, 4) is 5.75 Å². The predicted molar refractivity (Wildman–Crippen MR) is 63.1 cm³/mol. The first-order valence-electron chi connectivity index (χ1n) is 4.93. The van der Waals surface area contributed by atoms with E-state index in [0.717, 1.165) is 22.4 Å². The van der Waals surface area contributed by atoms with Gasteiger partial charge < -0.3 is 4.74 Å². The monoisotopic (exact) mass is 221 g/mol. The number of allylic oxidation sites excluding steroid dienone is 1. The van der Waals surface area contributed by atoms with Gasteiger partial charge in [0.15, 0.2) is 0 Å². The van der Waals surface area contributed by atoms with Gasteiger partial charge in [-0.1, -0.05) is 0 Å². The normalized spacial score (nSPS) is 11.4. The van der Waals surface area contributed by atoms with Gasteiger partial charge in [0.25, 0.3) is 0 Å². The first-order chi connectivity index (χ1) is 7.45. The van der Waals surface area contributed by atoms with E-state index >= 15 is 0 Å². The van der Waals surface area contributed by atoms with Crippen LogP contribution in [0.25, 0.3) is 6.08 Å². The van der Waals surface area contributed by atoms with E-state index in [2.05, 4.69) is 0 Å². The van der Waals surface area contributed by atoms with Crippen molar-refractivity contribution >= 4 is 6.08 Å². The molecule has 1 aromatic rings. The zero-order valence-electron chi connectivity index (χ0n) is 9.90. The zero-order chi connectivity index (χ0) is 12.3. The number of methoxy groups -OCH3 is 1. The van der Waals surface area contributed by atoms with Crippen molar-refractivity contribution in [2.45, 2.75) is 20.8 Å². The minimum Gasteiger partial charge on any atom is -0.496 e. The molecule has 0 amide bonds. The lowest BCUT2D eigenvalue weighted by molar-refractivity contribution is -0.422. The summed E-state index contributed by atoms with van der Waals surface area (Å²) >= 11 is 0. The second kappa shape index (κ2) is 4.79. The fraction of sp³-hybridized carbons (Fsp3) is 0.333. The molecule has 4 nitrogen and oxygen atoms in total. The van der Waals surface area contributed by atoms with E-state index in [1.807, 2.05) is 26.0 Å². The van der Waals surface area contributed by atoms with E-state index in [9.17, 15) is 10.1 Å². The second-order valence-corrected chi connectivity index (χ2v) is 3.73. The van der Waals surface area contributed by atoms with E-state index in [0.29, 0.717) is 0 Å². The average Bonchev–Trinajstić information content (AvgIpc) is 2.16. The highest BCUT2D eigenvalue weighted by Crippen LogP contribution is 2.25. The maximum absolute atomic E-state index is 10.5. The van der Waals surface area contributed by atoms with Crippen LogP contribution in [0.15, 0.2) is 17.8 Å². The van der Waals surface area contributed by atoms with Crippen molar-refractivity contribution in [2.24, 2.45) is 0 Å². The summed E-state index contributed by atoms with van der Waals surface area (Å²) in [5, 5.41) is 10.5. The lowest BCUT2D eigenvalue weighted by Gasteiger charge is -2.09. The summed E-state index contributed by atoms with van der Waals surface area (Å²) in [7, 11) is 1.62. The number of rotatable bonds is 3. The average molecular weight is 221 g/mol. The van der Waals surface area contributed by atoms with Gasteiger partial charge >= 0.3 is 0 Å². The van der Waals surface area contributed by atoms with E-state index < -0.39 is 4.92 Å². The Morgan fingerprint density at radius 3 is 2.25 bits per heavy atom. The molecule has 0 spiro atoms. The molecule has 0 aliphatic rings. The summed E-state index contributed by atoms with van der Waals surface area (Å²) in [4.78, 5) is 10.1. The van der Waals surface area contributed by atoms with E-state index in [1.165, 1.54) is 6.92 Å². The Morgan fingerprint density at radius 2 is 1.88 bits per heavy atom. The van der Waals surface area contributed by atoms with Crippen molar-refractivity contribution in [3.63, 3.8) is 0 Å². The van der Waals surface area contributed by atoms with Gasteiger partial charge in [-0.15, -0.1) is 0 Å². The summed E-state index contributed by atoms with van der Waals surface area (Å²) in [5.41, 5.74) is 2.91. The molecule has 0 aliphatic carbocycles. The number of nitrogens with zero attached hydrogens (tertiary/aromatic N) is 1. The highest BCUT2D eigenvalue weighted by Gasteiger charge is 2.07. The Bertz CT molecular complexity index is 427. The Labute approximate surface area is 94.7 Å². The standard InChI is InChI=1S/C12H15NO3/c1-8-5-11(7-10(3)13(14)15)6-9(2)12(8)16-4/h5-7H,1-4H3. The smallest absolute Gasteiger partial charge is 0.243 e. The van der Waals surface area contributed by atoms with Gasteiger partial charge in [-0.05, 0) is 42.7 Å². The molecule has 0 unspecified atom stereocenters. The van der Waals surface area contributed by atoms with Crippen molar-refractivity contribution in [3.05, 3.63) is 44.6 Å². The highest BCUT2D eigenvalue weighted by molar-refractivity contribution is 5.56. The van der Waals surface area contributed by atoms with Crippen LogP contribution in [0.5, 0.6) is 5.75 Å². The molecule has 0 aliphatic heterocycles. The fourth-order valence-corrected chi connectivity index (χ4v) is 1.68. The lowest BCUT2D eigenvalue weighted by Crippen LogP contribution is -1.95. The summed E-state index contributed by atoms with van der Waals surface area (Å²) < 4.78 is 5.23. The van der Waals surface area contributed by atoms with Crippen LogP contribution < -0.4 is 4.74 Å². The molecule has 0 bridgehead atoms. The molecule has 1 aromatic carbocycles. The highest BCUT2D eigenvalue weighted by atomic mass is 16.6. The summed E-state index contributed by atoms with van der Waals surface area (Å²) in [6, 6.07) is 3.75. The molecular weight excluding hydrogens is 206 g/mol. The van der Waals surface area contributed by atoms with Gasteiger partial charge in [0.05, 0.1) is 12.0 Å². The van der Waals surface area contributed by atoms with E-state index in [1.54, 1.807) is 13.2 Å². The molecule has 4 heteroatoms. The van der Waals surface area contributed by atoms with Crippen LogP contribution in [0.2, 0.25) is 0 Å². The van der Waals surface area contributed by atoms with Crippen molar-refractivity contribution < 1.29 is 9.66 Å². The van der Waals surface area contributed by atoms with Crippen molar-refractivity contribution in [2.75, 3.05) is 7.11 Å². The lowest BCUT2D eigenvalue weighted by atomic mass is 10.0. The van der Waals surface area contributed by atoms with Crippen molar-refractivity contribution in [1.82, 2.24) is 0 Å². The number of nitro groups is 1. The predicted octanol–water partition coefficient (Wildman–Crippen LogP) is 2.95. The fourth-order valence-electron chi connectivity index (χ4n) is 1.68. The number of benzene rings is 1.